The zero-order valence-electron chi connectivity index (χ0n) is 17.6. The standard InChI is InChI=1S/C25H28N4O2/c30-24(21-9-2-1-3-10-21)26-16-13-22-11-4-5-17-29(22)19-20-8-6-12-23(18-20)31-25-27-14-7-15-28-25/h1-3,6-10,12,14-15,18,22H,4-5,11,13,16-17,19H2,(H,26,30). The van der Waals surface area contributed by atoms with Gasteiger partial charge in [0, 0.05) is 37.1 Å². The lowest BCUT2D eigenvalue weighted by Gasteiger charge is -2.36. The number of hydrogen-bond acceptors (Lipinski definition) is 5. The van der Waals surface area contributed by atoms with Crippen molar-refractivity contribution < 1.29 is 9.53 Å². The van der Waals surface area contributed by atoms with Gasteiger partial charge in [0.1, 0.15) is 5.75 Å². The summed E-state index contributed by atoms with van der Waals surface area (Å²) in [4.78, 5) is 23.1. The highest BCUT2D eigenvalue weighted by molar-refractivity contribution is 5.94. The Bertz CT molecular complexity index is 966. The smallest absolute Gasteiger partial charge is 0.321 e. The lowest BCUT2D eigenvalue weighted by atomic mass is 9.98. The third-order valence-electron chi connectivity index (χ3n) is 5.58. The summed E-state index contributed by atoms with van der Waals surface area (Å²) in [5.41, 5.74) is 1.91. The van der Waals surface area contributed by atoms with Crippen LogP contribution >= 0.6 is 0 Å². The van der Waals surface area contributed by atoms with Crippen LogP contribution in [-0.4, -0.2) is 39.9 Å². The summed E-state index contributed by atoms with van der Waals surface area (Å²) in [7, 11) is 0. The lowest BCUT2D eigenvalue weighted by molar-refractivity contribution is 0.0937. The van der Waals surface area contributed by atoms with Gasteiger partial charge in [0.15, 0.2) is 0 Å². The molecule has 2 aromatic carbocycles. The predicted octanol–water partition coefficient (Wildman–Crippen LogP) is 4.44. The van der Waals surface area contributed by atoms with Gasteiger partial charge in [0.2, 0.25) is 0 Å². The molecule has 0 bridgehead atoms. The first-order valence-corrected chi connectivity index (χ1v) is 10.9. The number of piperidine rings is 1. The van der Waals surface area contributed by atoms with E-state index in [0.29, 0.717) is 24.2 Å². The second-order valence-electron chi connectivity index (χ2n) is 7.81. The monoisotopic (exact) mass is 416 g/mol. The fourth-order valence-corrected chi connectivity index (χ4v) is 4.02. The minimum Gasteiger partial charge on any atom is -0.424 e. The molecule has 1 fully saturated rings. The van der Waals surface area contributed by atoms with E-state index in [1.807, 2.05) is 42.5 Å². The molecule has 31 heavy (non-hydrogen) atoms. The molecule has 3 aromatic rings. The SMILES string of the molecule is O=C(NCCC1CCCCN1Cc1cccc(Oc2ncccn2)c1)c1ccccc1. The molecule has 6 nitrogen and oxygen atoms in total. The Labute approximate surface area is 183 Å². The summed E-state index contributed by atoms with van der Waals surface area (Å²) in [5, 5.41) is 3.07. The summed E-state index contributed by atoms with van der Waals surface area (Å²) in [5.74, 6) is 0.739. The molecule has 1 atom stereocenters. The van der Waals surface area contributed by atoms with Crippen molar-refractivity contribution in [3.63, 3.8) is 0 Å². The minimum atomic E-state index is -0.00376. The third kappa shape index (κ3) is 6.12. The second-order valence-corrected chi connectivity index (χ2v) is 7.81. The van der Waals surface area contributed by atoms with Crippen molar-refractivity contribution in [1.29, 1.82) is 0 Å². The molecular formula is C25H28N4O2. The molecular weight excluding hydrogens is 388 g/mol. The first-order chi connectivity index (χ1) is 15.3. The number of likely N-dealkylation sites (tertiary alicyclic amines) is 1. The maximum atomic E-state index is 12.3. The average molecular weight is 417 g/mol. The van der Waals surface area contributed by atoms with E-state index in [1.165, 1.54) is 18.4 Å². The van der Waals surface area contributed by atoms with Gasteiger partial charge in [0.25, 0.3) is 5.91 Å². The van der Waals surface area contributed by atoms with Gasteiger partial charge in [-0.1, -0.05) is 36.8 Å². The number of benzene rings is 2. The highest BCUT2D eigenvalue weighted by atomic mass is 16.5. The summed E-state index contributed by atoms with van der Waals surface area (Å²) < 4.78 is 5.78. The molecule has 0 aliphatic carbocycles. The van der Waals surface area contributed by atoms with Crippen molar-refractivity contribution in [3.05, 3.63) is 84.2 Å². The van der Waals surface area contributed by atoms with Crippen LogP contribution in [-0.2, 0) is 6.54 Å². The molecule has 4 rings (SSSR count). The average Bonchev–Trinajstić information content (AvgIpc) is 2.82. The minimum absolute atomic E-state index is 0.00376. The lowest BCUT2D eigenvalue weighted by Crippen LogP contribution is -2.41. The van der Waals surface area contributed by atoms with Crippen molar-refractivity contribution in [3.8, 4) is 11.8 Å². The van der Waals surface area contributed by atoms with E-state index in [0.717, 1.165) is 31.7 Å². The normalized spacial score (nSPS) is 16.6. The Balaban J connectivity index is 1.32. The summed E-state index contributed by atoms with van der Waals surface area (Å²) >= 11 is 0. The highest BCUT2D eigenvalue weighted by Gasteiger charge is 2.22. The van der Waals surface area contributed by atoms with Crippen LogP contribution in [0.15, 0.2) is 73.1 Å². The van der Waals surface area contributed by atoms with E-state index < -0.39 is 0 Å². The van der Waals surface area contributed by atoms with E-state index in [-0.39, 0.29) is 5.91 Å². The van der Waals surface area contributed by atoms with Crippen LogP contribution < -0.4 is 10.1 Å². The number of rotatable bonds is 8. The van der Waals surface area contributed by atoms with Gasteiger partial charge in [-0.15, -0.1) is 0 Å². The molecule has 1 unspecified atom stereocenters. The maximum absolute atomic E-state index is 12.3. The summed E-state index contributed by atoms with van der Waals surface area (Å²) in [6, 6.07) is 20.1. The van der Waals surface area contributed by atoms with E-state index in [4.69, 9.17) is 4.74 Å². The second kappa shape index (κ2) is 10.7. The number of aromatic nitrogens is 2. The van der Waals surface area contributed by atoms with Crippen LogP contribution in [0.4, 0.5) is 0 Å². The van der Waals surface area contributed by atoms with Crippen LogP contribution in [0.25, 0.3) is 0 Å². The van der Waals surface area contributed by atoms with Gasteiger partial charge in [-0.2, -0.15) is 0 Å². The van der Waals surface area contributed by atoms with Gasteiger partial charge in [-0.3, -0.25) is 9.69 Å². The Hall–Kier alpha value is -3.25. The topological polar surface area (TPSA) is 67.4 Å². The third-order valence-corrected chi connectivity index (χ3v) is 5.58. The highest BCUT2D eigenvalue weighted by Crippen LogP contribution is 2.24. The molecule has 2 heterocycles. The van der Waals surface area contributed by atoms with Crippen molar-refractivity contribution in [2.75, 3.05) is 13.1 Å². The predicted molar refractivity (Wildman–Crippen MR) is 120 cm³/mol. The van der Waals surface area contributed by atoms with Crippen molar-refractivity contribution >= 4 is 5.91 Å². The van der Waals surface area contributed by atoms with Crippen LogP contribution in [0.3, 0.4) is 0 Å². The first-order valence-electron chi connectivity index (χ1n) is 10.9. The van der Waals surface area contributed by atoms with Crippen LogP contribution in [0.1, 0.15) is 41.6 Å². The molecule has 1 aliphatic heterocycles. The van der Waals surface area contributed by atoms with Gasteiger partial charge in [0.05, 0.1) is 0 Å². The Morgan fingerprint density at radius 1 is 1.03 bits per heavy atom. The van der Waals surface area contributed by atoms with Crippen LogP contribution in [0.2, 0.25) is 0 Å². The number of amides is 1. The zero-order chi connectivity index (χ0) is 21.3. The molecule has 1 amide bonds. The summed E-state index contributed by atoms with van der Waals surface area (Å²) in [6.45, 7) is 2.62. The maximum Gasteiger partial charge on any atom is 0.321 e. The molecule has 0 saturated carbocycles. The Kier molecular flexibility index (Phi) is 7.24. The van der Waals surface area contributed by atoms with Gasteiger partial charge >= 0.3 is 6.01 Å². The van der Waals surface area contributed by atoms with Gasteiger partial charge < -0.3 is 10.1 Å². The van der Waals surface area contributed by atoms with Gasteiger partial charge in [-0.25, -0.2) is 9.97 Å². The number of nitrogens with one attached hydrogen (secondary N) is 1. The summed E-state index contributed by atoms with van der Waals surface area (Å²) in [6.07, 6.45) is 7.90. The quantitative estimate of drug-likeness (QED) is 0.588. The van der Waals surface area contributed by atoms with Crippen LogP contribution in [0.5, 0.6) is 11.8 Å². The number of carbonyl (C=O) groups is 1. The van der Waals surface area contributed by atoms with E-state index >= 15 is 0 Å². The van der Waals surface area contributed by atoms with Crippen molar-refractivity contribution in [1.82, 2.24) is 20.2 Å². The molecule has 0 radical (unpaired) electrons. The molecule has 1 aromatic heterocycles. The van der Waals surface area contributed by atoms with Crippen molar-refractivity contribution in [2.45, 2.75) is 38.3 Å². The molecule has 1 saturated heterocycles. The number of ether oxygens (including phenoxy) is 1. The van der Waals surface area contributed by atoms with E-state index in [2.05, 4.69) is 32.3 Å². The molecule has 160 valence electrons. The molecule has 0 spiro atoms. The van der Waals surface area contributed by atoms with Crippen molar-refractivity contribution in [2.24, 2.45) is 0 Å². The zero-order valence-corrected chi connectivity index (χ0v) is 17.6. The molecule has 6 heteroatoms. The number of hydrogen-bond donors (Lipinski definition) is 1. The number of nitrogens with zero attached hydrogens (tertiary/aromatic N) is 3. The number of carbonyl (C=O) groups excluding carboxylic acids is 1. The Morgan fingerprint density at radius 2 is 1.87 bits per heavy atom. The molecule has 1 N–H and O–H groups in total. The first kappa shape index (κ1) is 21.0. The largest absolute Gasteiger partial charge is 0.424 e. The molecule has 1 aliphatic rings. The Morgan fingerprint density at radius 3 is 2.71 bits per heavy atom. The van der Waals surface area contributed by atoms with E-state index in [1.54, 1.807) is 18.5 Å². The fourth-order valence-electron chi connectivity index (χ4n) is 4.02. The van der Waals surface area contributed by atoms with Gasteiger partial charge in [-0.05, 0) is 61.7 Å². The van der Waals surface area contributed by atoms with Crippen LogP contribution in [0, 0.1) is 0 Å². The fraction of sp³-hybridized carbons (Fsp3) is 0.320. The van der Waals surface area contributed by atoms with E-state index in [9.17, 15) is 4.79 Å².